The number of aryl methyl sites for hydroxylation is 1. The van der Waals surface area contributed by atoms with Crippen LogP contribution < -0.4 is 16.0 Å². The molecule has 2 aromatic carbocycles. The van der Waals surface area contributed by atoms with Crippen LogP contribution in [-0.2, 0) is 24.2 Å². The summed E-state index contributed by atoms with van der Waals surface area (Å²) in [6.07, 6.45) is 9.58. The van der Waals surface area contributed by atoms with Gasteiger partial charge < -0.3 is 25.8 Å². The van der Waals surface area contributed by atoms with Gasteiger partial charge in [0, 0.05) is 86.2 Å². The van der Waals surface area contributed by atoms with Gasteiger partial charge in [-0.2, -0.15) is 5.10 Å². The lowest BCUT2D eigenvalue weighted by atomic mass is 9.92. The van der Waals surface area contributed by atoms with Gasteiger partial charge in [-0.15, -0.1) is 6.58 Å². The second kappa shape index (κ2) is 19.1. The molecule has 0 aliphatic carbocycles. The van der Waals surface area contributed by atoms with Crippen molar-refractivity contribution in [2.45, 2.75) is 96.7 Å². The molecule has 300 valence electrons. The highest BCUT2D eigenvalue weighted by atomic mass is 19.3. The van der Waals surface area contributed by atoms with E-state index in [9.17, 15) is 14.4 Å². The van der Waals surface area contributed by atoms with E-state index in [4.69, 9.17) is 10.8 Å². The first-order valence-electron chi connectivity index (χ1n) is 19.7. The number of carbonyl (C=O) groups excluding carboxylic acids is 3. The maximum atomic E-state index is 15.0. The lowest BCUT2D eigenvalue weighted by Crippen LogP contribution is -2.47. The Balaban J connectivity index is 1.50. The number of anilines is 2. The largest absolute Gasteiger partial charge is 0.404 e. The van der Waals surface area contributed by atoms with Gasteiger partial charge in [0.15, 0.2) is 12.1 Å². The Kier molecular flexibility index (Phi) is 14.3. The highest BCUT2D eigenvalue weighted by Gasteiger charge is 2.33. The average molecular weight is 771 g/mol. The molecule has 0 spiro atoms. The van der Waals surface area contributed by atoms with Crippen LogP contribution in [0.4, 0.5) is 26.0 Å². The van der Waals surface area contributed by atoms with Crippen molar-refractivity contribution >= 4 is 47.1 Å². The molecular weight excluding hydrogens is 715 g/mol. The molecule has 0 radical (unpaired) electrons. The summed E-state index contributed by atoms with van der Waals surface area (Å²) in [6.45, 7) is 10.5. The summed E-state index contributed by atoms with van der Waals surface area (Å²) in [5, 5.41) is 7.85. The number of rotatable bonds is 17. The minimum absolute atomic E-state index is 0.0523. The number of aldehydes is 1. The van der Waals surface area contributed by atoms with Crippen LogP contribution in [0.25, 0.3) is 5.57 Å². The van der Waals surface area contributed by atoms with Gasteiger partial charge in [-0.25, -0.2) is 8.78 Å². The monoisotopic (exact) mass is 770 g/mol. The van der Waals surface area contributed by atoms with Gasteiger partial charge in [0.1, 0.15) is 6.04 Å². The highest BCUT2D eigenvalue weighted by molar-refractivity contribution is 6.11. The van der Waals surface area contributed by atoms with E-state index in [1.54, 1.807) is 24.3 Å². The van der Waals surface area contributed by atoms with E-state index in [0.717, 1.165) is 68.7 Å². The van der Waals surface area contributed by atoms with Crippen molar-refractivity contribution in [1.29, 1.82) is 0 Å². The van der Waals surface area contributed by atoms with Crippen LogP contribution in [-0.4, -0.2) is 84.2 Å². The zero-order chi connectivity index (χ0) is 40.5. The van der Waals surface area contributed by atoms with Gasteiger partial charge in [0.2, 0.25) is 5.91 Å². The Bertz CT molecular complexity index is 1970. The number of aromatic nitrogens is 2. The van der Waals surface area contributed by atoms with E-state index < -0.39 is 18.4 Å². The maximum absolute atomic E-state index is 15.0. The number of nitrogens with zero attached hydrogens (tertiary/aromatic N) is 6. The molecule has 1 aromatic heterocycles. The molecule has 2 atom stereocenters. The number of fused-ring (bicyclic) bond motifs is 2. The first-order valence-corrected chi connectivity index (χ1v) is 19.7. The van der Waals surface area contributed by atoms with Crippen molar-refractivity contribution in [3.8, 4) is 0 Å². The number of unbranched alkanes of at least 4 members (excludes halogenated alkanes) is 1. The van der Waals surface area contributed by atoms with Crippen LogP contribution in [0.3, 0.4) is 0 Å². The van der Waals surface area contributed by atoms with Crippen molar-refractivity contribution in [3.63, 3.8) is 0 Å². The Morgan fingerprint density at radius 2 is 1.91 bits per heavy atom. The predicted octanol–water partition coefficient (Wildman–Crippen LogP) is 7.70. The third-order valence-electron chi connectivity index (χ3n) is 11.0. The SMILES string of the molecule is C=CCCC(C(=O)NC)N(C)C(=O)c1cc(N=C/C(=C\N)c2cc3c(cc2C(F)F)N(c2nn(C(CC)CCCC)c4c2CN(C)CC4)CCC3)ccc1C=O. The molecule has 3 heterocycles. The molecule has 0 saturated carbocycles. The summed E-state index contributed by atoms with van der Waals surface area (Å²) in [4.78, 5) is 48.5. The molecule has 3 aromatic rings. The van der Waals surface area contributed by atoms with Crippen molar-refractivity contribution in [2.75, 3.05) is 39.1 Å². The molecule has 2 aliphatic rings. The molecule has 5 rings (SSSR count). The summed E-state index contributed by atoms with van der Waals surface area (Å²) in [7, 11) is 5.10. The third-order valence-corrected chi connectivity index (χ3v) is 11.0. The van der Waals surface area contributed by atoms with Crippen LogP contribution in [0.1, 0.15) is 120 Å². The van der Waals surface area contributed by atoms with Gasteiger partial charge >= 0.3 is 0 Å². The number of alkyl halides is 2. The average Bonchev–Trinajstić information content (AvgIpc) is 3.58. The Hall–Kier alpha value is -5.17. The molecule has 11 nitrogen and oxygen atoms in total. The fourth-order valence-corrected chi connectivity index (χ4v) is 7.85. The van der Waals surface area contributed by atoms with Crippen LogP contribution in [0, 0.1) is 0 Å². The van der Waals surface area contributed by atoms with Crippen LogP contribution in [0.15, 0.2) is 54.2 Å². The molecule has 0 fully saturated rings. The quantitative estimate of drug-likeness (QED) is 0.0818. The van der Waals surface area contributed by atoms with E-state index in [1.165, 1.54) is 54.8 Å². The van der Waals surface area contributed by atoms with Gasteiger partial charge in [-0.05, 0) is 87.0 Å². The lowest BCUT2D eigenvalue weighted by Gasteiger charge is -2.33. The van der Waals surface area contributed by atoms with Gasteiger partial charge in [-0.3, -0.25) is 24.1 Å². The molecule has 0 bridgehead atoms. The van der Waals surface area contributed by atoms with E-state index in [0.29, 0.717) is 37.8 Å². The normalized spacial score (nSPS) is 15.7. The molecule has 3 N–H and O–H groups in total. The minimum Gasteiger partial charge on any atom is -0.404 e. The number of aliphatic imine (C=N–C) groups is 1. The summed E-state index contributed by atoms with van der Waals surface area (Å²) >= 11 is 0. The van der Waals surface area contributed by atoms with Crippen LogP contribution >= 0.6 is 0 Å². The first-order chi connectivity index (χ1) is 27.0. The van der Waals surface area contributed by atoms with Crippen LogP contribution in [0.5, 0.6) is 0 Å². The zero-order valence-corrected chi connectivity index (χ0v) is 33.4. The summed E-state index contributed by atoms with van der Waals surface area (Å²) in [5.74, 6) is -0.0392. The number of nitrogens with two attached hydrogens (primary N) is 1. The molecule has 56 heavy (non-hydrogen) atoms. The topological polar surface area (TPSA) is 129 Å². The van der Waals surface area contributed by atoms with E-state index in [2.05, 4.69) is 52.3 Å². The van der Waals surface area contributed by atoms with Crippen molar-refractivity contribution in [2.24, 2.45) is 10.7 Å². The maximum Gasteiger partial charge on any atom is 0.264 e. The summed E-state index contributed by atoms with van der Waals surface area (Å²) in [5.41, 5.74) is 11.0. The number of benzene rings is 2. The number of hydrogen-bond donors (Lipinski definition) is 2. The first kappa shape index (κ1) is 42.0. The van der Waals surface area contributed by atoms with E-state index in [1.807, 2.05) is 0 Å². The molecule has 13 heteroatoms. The Morgan fingerprint density at radius 3 is 2.57 bits per heavy atom. The van der Waals surface area contributed by atoms with Crippen molar-refractivity contribution in [3.05, 3.63) is 88.3 Å². The van der Waals surface area contributed by atoms with E-state index >= 15 is 8.78 Å². The summed E-state index contributed by atoms with van der Waals surface area (Å²) < 4.78 is 32.3. The fraction of sp³-hybridized carbons (Fsp3) is 0.465. The van der Waals surface area contributed by atoms with E-state index in [-0.39, 0.29) is 39.8 Å². The van der Waals surface area contributed by atoms with Crippen molar-refractivity contribution < 1.29 is 23.2 Å². The lowest BCUT2D eigenvalue weighted by molar-refractivity contribution is -0.125. The number of hydrogen-bond acceptors (Lipinski definition) is 8. The van der Waals surface area contributed by atoms with Gasteiger partial charge in [0.25, 0.3) is 12.3 Å². The minimum atomic E-state index is -2.81. The standard InChI is InChI=1S/C43H56F2N8O3/c1-7-10-14-32(9-3)53-37-18-20-50(5)26-36(37)41(49-53)52-19-12-13-28-21-33(35(40(44)45)23-39(28)52)30(24-46)25-48-31-17-16-29(27-54)34(22-31)43(56)51(6)38(15-11-8-2)42(55)47-4/h8,16-17,21-25,27,32,38,40H,2,7,9-15,18-20,26,46H2,1,3-6H3,(H,47,55)/b30-24+,48-25?. The molecule has 2 aliphatic heterocycles. The second-order valence-electron chi connectivity index (χ2n) is 14.7. The zero-order valence-electron chi connectivity index (χ0n) is 33.4. The Labute approximate surface area is 329 Å². The molecule has 0 saturated heterocycles. The molecule has 2 amide bonds. The number of halogens is 2. The molecular formula is C43H56F2N8O3. The number of carbonyl (C=O) groups is 3. The fourth-order valence-electron chi connectivity index (χ4n) is 7.85. The second-order valence-corrected chi connectivity index (χ2v) is 14.7. The van der Waals surface area contributed by atoms with Gasteiger partial charge in [-0.1, -0.05) is 32.8 Å². The number of amides is 2. The predicted molar refractivity (Wildman–Crippen MR) is 219 cm³/mol. The third kappa shape index (κ3) is 8.93. The Morgan fingerprint density at radius 1 is 1.12 bits per heavy atom. The van der Waals surface area contributed by atoms with Crippen LogP contribution in [0.2, 0.25) is 0 Å². The summed E-state index contributed by atoms with van der Waals surface area (Å²) in [6, 6.07) is 7.34. The van der Waals surface area contributed by atoms with Crippen molar-refractivity contribution in [1.82, 2.24) is 24.9 Å². The number of nitrogens with one attached hydrogen (secondary N) is 1. The number of allylic oxidation sites excluding steroid dienone is 2. The smallest absolute Gasteiger partial charge is 0.264 e. The highest BCUT2D eigenvalue weighted by Crippen LogP contribution is 2.42. The molecule has 2 unspecified atom stereocenters. The number of likely N-dealkylation sites (N-methyl/N-ethyl adjacent to an activating group) is 3. The van der Waals surface area contributed by atoms with Gasteiger partial charge in [0.05, 0.1) is 17.3 Å².